The second kappa shape index (κ2) is 4.14. The predicted octanol–water partition coefficient (Wildman–Crippen LogP) is 3.25. The van der Waals surface area contributed by atoms with Gasteiger partial charge in [0, 0.05) is 17.9 Å². The van der Waals surface area contributed by atoms with Crippen molar-refractivity contribution in [1.82, 2.24) is 0 Å². The highest BCUT2D eigenvalue weighted by molar-refractivity contribution is 6.31. The molecule has 1 aliphatic carbocycles. The summed E-state index contributed by atoms with van der Waals surface area (Å²) in [5.74, 6) is 0.991. The summed E-state index contributed by atoms with van der Waals surface area (Å²) < 4.78 is 0. The van der Waals surface area contributed by atoms with Gasteiger partial charge in [0.2, 0.25) is 0 Å². The highest BCUT2D eigenvalue weighted by Gasteiger charge is 2.24. The predicted molar refractivity (Wildman–Crippen MR) is 57.5 cm³/mol. The Morgan fingerprint density at radius 1 is 1.36 bits per heavy atom. The van der Waals surface area contributed by atoms with Crippen LogP contribution >= 0.6 is 11.6 Å². The van der Waals surface area contributed by atoms with Gasteiger partial charge in [-0.05, 0) is 30.4 Å². The quantitative estimate of drug-likeness (QED) is 0.743. The van der Waals surface area contributed by atoms with Gasteiger partial charge in [0.05, 0.1) is 0 Å². The number of hydrogen-bond acceptors (Lipinski definition) is 1. The number of benzene rings is 1. The Balaban J connectivity index is 1.95. The number of rotatable bonds is 4. The average Bonchev–Trinajstić information content (AvgIpc) is 2.93. The molecule has 0 radical (unpaired) electrons. The van der Waals surface area contributed by atoms with Gasteiger partial charge < -0.3 is 0 Å². The number of hydrogen-bond donors (Lipinski definition) is 0. The van der Waals surface area contributed by atoms with Crippen LogP contribution in [-0.4, -0.2) is 5.78 Å². The first-order chi connectivity index (χ1) is 6.75. The maximum Gasteiger partial charge on any atom is 0.137 e. The molecule has 1 aromatic carbocycles. The summed E-state index contributed by atoms with van der Waals surface area (Å²) in [6.07, 6.45) is 3.70. The molecular weight excluding hydrogens is 196 g/mol. The van der Waals surface area contributed by atoms with E-state index in [1.165, 1.54) is 12.8 Å². The van der Waals surface area contributed by atoms with E-state index in [2.05, 4.69) is 0 Å². The normalized spacial score (nSPS) is 15.5. The first-order valence-electron chi connectivity index (χ1n) is 5.01. The minimum Gasteiger partial charge on any atom is -0.299 e. The van der Waals surface area contributed by atoms with Gasteiger partial charge in [-0.1, -0.05) is 29.8 Å². The van der Waals surface area contributed by atoms with E-state index in [9.17, 15) is 4.79 Å². The van der Waals surface area contributed by atoms with Crippen LogP contribution in [0.1, 0.15) is 24.8 Å². The number of halogens is 1. The largest absolute Gasteiger partial charge is 0.299 e. The summed E-state index contributed by atoms with van der Waals surface area (Å²) >= 11 is 5.97. The molecule has 1 nitrogen and oxygen atoms in total. The van der Waals surface area contributed by atoms with Gasteiger partial charge in [-0.3, -0.25) is 4.79 Å². The topological polar surface area (TPSA) is 17.1 Å². The molecular formula is C12H13ClO. The lowest BCUT2D eigenvalue weighted by Gasteiger charge is -2.02. The van der Waals surface area contributed by atoms with E-state index in [1.54, 1.807) is 0 Å². The molecule has 0 aromatic heterocycles. The Morgan fingerprint density at radius 3 is 2.71 bits per heavy atom. The molecule has 0 heterocycles. The third-order valence-corrected chi connectivity index (χ3v) is 2.93. The molecule has 1 fully saturated rings. The maximum atomic E-state index is 11.6. The standard InChI is InChI=1S/C12H13ClO/c13-12-4-2-1-3-10(12)8-11(14)7-9-5-6-9/h1-4,9H,5-8H2. The van der Waals surface area contributed by atoms with Gasteiger partial charge in [0.25, 0.3) is 0 Å². The van der Waals surface area contributed by atoms with Crippen LogP contribution in [0, 0.1) is 5.92 Å². The first-order valence-corrected chi connectivity index (χ1v) is 5.38. The Morgan fingerprint density at radius 2 is 2.07 bits per heavy atom. The molecule has 14 heavy (non-hydrogen) atoms. The van der Waals surface area contributed by atoms with Crippen LogP contribution < -0.4 is 0 Å². The molecule has 0 atom stereocenters. The summed E-state index contributed by atoms with van der Waals surface area (Å²) in [5.41, 5.74) is 0.958. The number of carbonyl (C=O) groups is 1. The molecule has 1 saturated carbocycles. The van der Waals surface area contributed by atoms with Crippen molar-refractivity contribution < 1.29 is 4.79 Å². The smallest absolute Gasteiger partial charge is 0.137 e. The second-order valence-electron chi connectivity index (χ2n) is 3.95. The molecule has 0 bridgehead atoms. The van der Waals surface area contributed by atoms with E-state index in [1.807, 2.05) is 24.3 Å². The van der Waals surface area contributed by atoms with Crippen molar-refractivity contribution in [2.24, 2.45) is 5.92 Å². The van der Waals surface area contributed by atoms with Crippen LogP contribution in [0.15, 0.2) is 24.3 Å². The van der Waals surface area contributed by atoms with Crippen molar-refractivity contribution in [2.75, 3.05) is 0 Å². The Hall–Kier alpha value is -0.820. The lowest BCUT2D eigenvalue weighted by Crippen LogP contribution is -2.03. The van der Waals surface area contributed by atoms with Gasteiger partial charge in [-0.25, -0.2) is 0 Å². The lowest BCUT2D eigenvalue weighted by molar-refractivity contribution is -0.118. The fourth-order valence-electron chi connectivity index (χ4n) is 1.57. The number of ketones is 1. The van der Waals surface area contributed by atoms with E-state index >= 15 is 0 Å². The SMILES string of the molecule is O=C(Cc1ccccc1Cl)CC1CC1. The zero-order chi connectivity index (χ0) is 9.97. The molecule has 0 N–H and O–H groups in total. The molecule has 0 amide bonds. The molecule has 0 saturated heterocycles. The van der Waals surface area contributed by atoms with Crippen molar-refractivity contribution >= 4 is 17.4 Å². The molecule has 0 spiro atoms. The molecule has 2 rings (SSSR count). The summed E-state index contributed by atoms with van der Waals surface area (Å²) in [5, 5.41) is 0.705. The molecule has 1 aromatic rings. The monoisotopic (exact) mass is 208 g/mol. The van der Waals surface area contributed by atoms with E-state index in [-0.39, 0.29) is 0 Å². The number of carbonyl (C=O) groups excluding carboxylic acids is 1. The summed E-state index contributed by atoms with van der Waals surface area (Å²) in [6, 6.07) is 7.57. The van der Waals surface area contributed by atoms with Crippen LogP contribution in [-0.2, 0) is 11.2 Å². The fourth-order valence-corrected chi connectivity index (χ4v) is 1.77. The van der Waals surface area contributed by atoms with E-state index < -0.39 is 0 Å². The van der Waals surface area contributed by atoms with Crippen molar-refractivity contribution in [3.05, 3.63) is 34.9 Å². The fraction of sp³-hybridized carbons (Fsp3) is 0.417. The summed E-state index contributed by atoms with van der Waals surface area (Å²) in [7, 11) is 0. The minimum absolute atomic E-state index is 0.320. The summed E-state index contributed by atoms with van der Waals surface area (Å²) in [4.78, 5) is 11.6. The third-order valence-electron chi connectivity index (χ3n) is 2.56. The van der Waals surface area contributed by atoms with E-state index in [0.717, 1.165) is 12.0 Å². The number of Topliss-reactive ketones (excluding diaryl/α,β-unsaturated/α-hetero) is 1. The second-order valence-corrected chi connectivity index (χ2v) is 4.36. The molecule has 1 aliphatic rings. The lowest BCUT2D eigenvalue weighted by atomic mass is 10.1. The molecule has 2 heteroatoms. The van der Waals surface area contributed by atoms with E-state index in [0.29, 0.717) is 23.1 Å². The average molecular weight is 209 g/mol. The van der Waals surface area contributed by atoms with Gasteiger partial charge in [-0.15, -0.1) is 0 Å². The highest BCUT2D eigenvalue weighted by Crippen LogP contribution is 2.33. The molecule has 74 valence electrons. The zero-order valence-corrected chi connectivity index (χ0v) is 8.76. The zero-order valence-electron chi connectivity index (χ0n) is 8.00. The van der Waals surface area contributed by atoms with Gasteiger partial charge in [-0.2, -0.15) is 0 Å². The first kappa shape index (κ1) is 9.72. The highest BCUT2D eigenvalue weighted by atomic mass is 35.5. The van der Waals surface area contributed by atoms with Gasteiger partial charge >= 0.3 is 0 Å². The van der Waals surface area contributed by atoms with Crippen molar-refractivity contribution in [1.29, 1.82) is 0 Å². The van der Waals surface area contributed by atoms with Gasteiger partial charge in [0.1, 0.15) is 5.78 Å². The van der Waals surface area contributed by atoms with Crippen LogP contribution in [0.4, 0.5) is 0 Å². The maximum absolute atomic E-state index is 11.6. The van der Waals surface area contributed by atoms with Crippen molar-refractivity contribution in [2.45, 2.75) is 25.7 Å². The van der Waals surface area contributed by atoms with Crippen LogP contribution in [0.2, 0.25) is 5.02 Å². The Kier molecular flexibility index (Phi) is 2.87. The molecule has 0 unspecified atom stereocenters. The van der Waals surface area contributed by atoms with E-state index in [4.69, 9.17) is 11.6 Å². The van der Waals surface area contributed by atoms with Crippen molar-refractivity contribution in [3.8, 4) is 0 Å². The minimum atomic E-state index is 0.320. The van der Waals surface area contributed by atoms with Crippen molar-refractivity contribution in [3.63, 3.8) is 0 Å². The Labute approximate surface area is 89.1 Å². The third kappa shape index (κ3) is 2.58. The molecule has 0 aliphatic heterocycles. The van der Waals surface area contributed by atoms with Crippen LogP contribution in [0.25, 0.3) is 0 Å². The van der Waals surface area contributed by atoms with Gasteiger partial charge in [0.15, 0.2) is 0 Å². The summed E-state index contributed by atoms with van der Waals surface area (Å²) in [6.45, 7) is 0. The Bertz CT molecular complexity index is 342. The van der Waals surface area contributed by atoms with Crippen LogP contribution in [0.3, 0.4) is 0 Å². The van der Waals surface area contributed by atoms with Crippen LogP contribution in [0.5, 0.6) is 0 Å².